The van der Waals surface area contributed by atoms with Gasteiger partial charge in [-0.2, -0.15) is 0 Å². The van der Waals surface area contributed by atoms with Gasteiger partial charge in [0.1, 0.15) is 0 Å². The van der Waals surface area contributed by atoms with E-state index in [1.165, 1.54) is 186 Å². The highest BCUT2D eigenvalue weighted by Gasteiger charge is 2.59. The summed E-state index contributed by atoms with van der Waals surface area (Å²) in [7, 11) is 0. The number of ether oxygens (including phenoxy) is 2. The van der Waals surface area contributed by atoms with E-state index in [-0.39, 0.29) is 0 Å². The minimum Gasteiger partial charge on any atom is -0.381 e. The lowest BCUT2D eigenvalue weighted by atomic mass is 9.47. The van der Waals surface area contributed by atoms with Crippen LogP contribution in [0, 0.1) is 52.3 Å². The van der Waals surface area contributed by atoms with Crippen molar-refractivity contribution in [1.29, 1.82) is 0 Å². The molecule has 4 aliphatic rings. The molecule has 0 spiro atoms. The molecule has 9 atom stereocenters. The van der Waals surface area contributed by atoms with Gasteiger partial charge in [-0.3, -0.25) is 0 Å². The molecule has 60 heavy (non-hydrogen) atoms. The molecule has 9 unspecified atom stereocenters. The Bertz CT molecular complexity index is 1320. The Hall–Kier alpha value is -1.39. The quantitative estimate of drug-likeness (QED) is 0.0536. The van der Waals surface area contributed by atoms with E-state index in [4.69, 9.17) is 9.47 Å². The summed E-state index contributed by atoms with van der Waals surface area (Å²) in [6, 6.07) is 0. The zero-order chi connectivity index (χ0) is 42.5. The van der Waals surface area contributed by atoms with E-state index in [9.17, 15) is 0 Å². The molecule has 0 amide bonds. The van der Waals surface area contributed by atoms with E-state index in [1.54, 1.807) is 5.57 Å². The van der Waals surface area contributed by atoms with Gasteiger partial charge in [0.25, 0.3) is 0 Å². The molecule has 3 fully saturated rings. The van der Waals surface area contributed by atoms with Gasteiger partial charge < -0.3 is 14.0 Å². The maximum Gasteiger partial charge on any atom is 0.0946 e. The average Bonchev–Trinajstić information content (AvgIpc) is 3.88. The van der Waals surface area contributed by atoms with Gasteiger partial charge in [0.05, 0.1) is 19.0 Å². The van der Waals surface area contributed by atoms with Crippen molar-refractivity contribution in [3.05, 3.63) is 42.5 Å². The molecule has 1 aromatic heterocycles. The maximum absolute atomic E-state index is 6.67. The predicted octanol–water partition coefficient (Wildman–Crippen LogP) is 16.5. The molecule has 0 radical (unpaired) electrons. The van der Waals surface area contributed by atoms with Gasteiger partial charge in [-0.15, -0.1) is 0 Å². The second-order valence-electron chi connectivity index (χ2n) is 22.0. The van der Waals surface area contributed by atoms with Crippen LogP contribution in [0.1, 0.15) is 228 Å². The van der Waals surface area contributed by atoms with Crippen LogP contribution < -0.4 is 0 Å². The fraction of sp³-hybridized carbons (Fsp3) is 0.875. The van der Waals surface area contributed by atoms with Crippen molar-refractivity contribution < 1.29 is 9.47 Å². The number of fused-ring (bicyclic) bond motifs is 5. The van der Waals surface area contributed by atoms with Crippen molar-refractivity contribution in [2.24, 2.45) is 52.3 Å². The summed E-state index contributed by atoms with van der Waals surface area (Å²) in [6.45, 7) is 18.8. The smallest absolute Gasteiger partial charge is 0.0946 e. The summed E-state index contributed by atoms with van der Waals surface area (Å²) >= 11 is 0. The first kappa shape index (κ1) is 49.6. The maximum atomic E-state index is 6.67. The molecule has 0 aliphatic heterocycles. The number of aromatic nitrogens is 2. The highest BCUT2D eigenvalue weighted by Crippen LogP contribution is 2.67. The van der Waals surface area contributed by atoms with Gasteiger partial charge >= 0.3 is 0 Å². The first-order chi connectivity index (χ1) is 29.2. The lowest BCUT2D eigenvalue weighted by Gasteiger charge is -2.58. The summed E-state index contributed by atoms with van der Waals surface area (Å²) in [4.78, 5) is 4.31. The number of nitrogens with zero attached hydrogens (tertiary/aromatic N) is 2. The Morgan fingerprint density at radius 1 is 0.750 bits per heavy atom. The summed E-state index contributed by atoms with van der Waals surface area (Å²) < 4.78 is 15.2. The van der Waals surface area contributed by atoms with E-state index in [2.05, 4.69) is 75.5 Å². The highest BCUT2D eigenvalue weighted by atomic mass is 16.5. The van der Waals surface area contributed by atoms with Crippen LogP contribution in [-0.4, -0.2) is 35.5 Å². The Balaban J connectivity index is 0.916. The van der Waals surface area contributed by atoms with Crippen molar-refractivity contribution in [3.8, 4) is 0 Å². The number of hydrogen-bond acceptors (Lipinski definition) is 3. The van der Waals surface area contributed by atoms with Crippen LogP contribution in [-0.2, 0) is 16.0 Å². The summed E-state index contributed by atoms with van der Waals surface area (Å²) in [6.07, 6.45) is 53.2. The van der Waals surface area contributed by atoms with Crippen LogP contribution in [0.5, 0.6) is 0 Å². The second-order valence-corrected chi connectivity index (χ2v) is 22.0. The number of unbranched alkanes of at least 4 members (excludes halogenated alkanes) is 14. The average molecular weight is 831 g/mol. The molecule has 0 saturated heterocycles. The summed E-state index contributed by atoms with van der Waals surface area (Å²) in [5, 5.41) is 0. The van der Waals surface area contributed by atoms with E-state index >= 15 is 0 Å². The molecule has 344 valence electrons. The predicted molar refractivity (Wildman–Crippen MR) is 257 cm³/mol. The van der Waals surface area contributed by atoms with Gasteiger partial charge in [0.2, 0.25) is 0 Å². The Morgan fingerprint density at radius 3 is 2.20 bits per heavy atom. The third-order valence-corrected chi connectivity index (χ3v) is 17.1. The topological polar surface area (TPSA) is 36.3 Å². The fourth-order valence-electron chi connectivity index (χ4n) is 13.4. The Morgan fingerprint density at radius 2 is 1.47 bits per heavy atom. The molecule has 4 heteroatoms. The Labute approximate surface area is 372 Å². The van der Waals surface area contributed by atoms with E-state index in [1.807, 2.05) is 12.5 Å². The van der Waals surface area contributed by atoms with Gasteiger partial charge in [-0.1, -0.05) is 155 Å². The van der Waals surface area contributed by atoms with Crippen LogP contribution in [0.4, 0.5) is 0 Å². The molecule has 5 rings (SSSR count). The van der Waals surface area contributed by atoms with Gasteiger partial charge in [-0.05, 0) is 143 Å². The van der Waals surface area contributed by atoms with Crippen molar-refractivity contribution in [2.45, 2.75) is 240 Å². The molecule has 4 aliphatic carbocycles. The first-order valence-electron chi connectivity index (χ1n) is 26.7. The third kappa shape index (κ3) is 15.4. The molecule has 1 aromatic rings. The molecule has 0 aromatic carbocycles. The number of allylic oxidation sites excluding steroid dienone is 3. The number of rotatable bonds is 32. The van der Waals surface area contributed by atoms with Crippen molar-refractivity contribution in [3.63, 3.8) is 0 Å². The first-order valence-corrected chi connectivity index (χ1v) is 26.7. The largest absolute Gasteiger partial charge is 0.381 e. The number of imidazole rings is 1. The number of hydrogen-bond donors (Lipinski definition) is 0. The van der Waals surface area contributed by atoms with Crippen LogP contribution in [0.2, 0.25) is 0 Å². The molecular formula is C56H98N2O2. The van der Waals surface area contributed by atoms with E-state index < -0.39 is 0 Å². The lowest BCUT2D eigenvalue weighted by molar-refractivity contribution is -0.0641. The van der Waals surface area contributed by atoms with E-state index in [0.717, 1.165) is 61.9 Å². The van der Waals surface area contributed by atoms with Crippen molar-refractivity contribution >= 4 is 0 Å². The van der Waals surface area contributed by atoms with E-state index in [0.29, 0.717) is 22.9 Å². The lowest BCUT2D eigenvalue weighted by Crippen LogP contribution is -2.51. The standard InChI is InChI=1S/C56H98N2O2/c1-7-8-9-10-11-12-13-14-15-16-17-18-19-20-21-24-40-59-44-48(43-58-39-38-57-45-58)29-23-22-25-41-60-50-34-36-55(5)49(42-50)30-31-51-53-33-32-52(47(4)28-26-27-46(2)3)56(53,6)37-35-54(51)55/h14-15,30,38-39,45-48,50-54H,7-13,16-29,31-37,40-44H2,1-6H3/b15-14-. The monoisotopic (exact) mass is 831 g/mol. The molecule has 0 N–H and O–H groups in total. The molecule has 1 heterocycles. The molecular weight excluding hydrogens is 733 g/mol. The van der Waals surface area contributed by atoms with Crippen LogP contribution >= 0.6 is 0 Å². The summed E-state index contributed by atoms with van der Waals surface area (Å²) in [5.41, 5.74) is 2.78. The van der Waals surface area contributed by atoms with Crippen molar-refractivity contribution in [2.75, 3.05) is 19.8 Å². The Kier molecular flexibility index (Phi) is 22.4. The van der Waals surface area contributed by atoms with Crippen LogP contribution in [0.25, 0.3) is 0 Å². The van der Waals surface area contributed by atoms with Crippen LogP contribution in [0.3, 0.4) is 0 Å². The summed E-state index contributed by atoms with van der Waals surface area (Å²) in [5.74, 6) is 6.02. The second kappa shape index (κ2) is 27.1. The van der Waals surface area contributed by atoms with Crippen LogP contribution in [0.15, 0.2) is 42.5 Å². The zero-order valence-electron chi connectivity index (χ0n) is 40.6. The minimum atomic E-state index is 0.418. The zero-order valence-corrected chi connectivity index (χ0v) is 40.6. The van der Waals surface area contributed by atoms with Crippen molar-refractivity contribution in [1.82, 2.24) is 9.55 Å². The molecule has 3 saturated carbocycles. The van der Waals surface area contributed by atoms with Gasteiger partial charge in [-0.25, -0.2) is 4.98 Å². The normalized spacial score (nSPS) is 28.8. The van der Waals surface area contributed by atoms with Gasteiger partial charge in [0.15, 0.2) is 0 Å². The fourth-order valence-corrected chi connectivity index (χ4v) is 13.4. The minimum absolute atomic E-state index is 0.418. The SMILES string of the molecule is CCCCCCCC/C=C\CCCCCCCCOCC(CCCCCOC1CCC2(C)C(=CCC3C2CCC2(C)C(C(C)CCCC(C)C)CCC32)C1)Cn1ccnc1. The molecule has 0 bridgehead atoms. The molecule has 4 nitrogen and oxygen atoms in total. The highest BCUT2D eigenvalue weighted by molar-refractivity contribution is 5.25. The van der Waals surface area contributed by atoms with Gasteiger partial charge in [0, 0.05) is 38.1 Å². The third-order valence-electron chi connectivity index (χ3n) is 17.1.